The maximum atomic E-state index is 4.99. The van der Waals surface area contributed by atoms with Crippen LogP contribution in [0.5, 0.6) is 0 Å². The molecule has 0 unspecified atom stereocenters. The van der Waals surface area contributed by atoms with E-state index in [2.05, 4.69) is 30.3 Å². The van der Waals surface area contributed by atoms with Gasteiger partial charge in [-0.05, 0) is 29.9 Å². The van der Waals surface area contributed by atoms with Crippen LogP contribution >= 0.6 is 11.8 Å². The van der Waals surface area contributed by atoms with Crippen molar-refractivity contribution in [3.8, 4) is 0 Å². The van der Waals surface area contributed by atoms with Gasteiger partial charge in [0.15, 0.2) is 0 Å². The van der Waals surface area contributed by atoms with Crippen molar-refractivity contribution in [2.75, 3.05) is 25.2 Å². The molecule has 0 heterocycles. The highest BCUT2D eigenvalue weighted by Gasteiger charge is 1.92. The number of hydrogen-bond acceptors (Lipinski definition) is 2. The van der Waals surface area contributed by atoms with Gasteiger partial charge < -0.3 is 4.74 Å². The molecule has 0 aliphatic heterocycles. The molecule has 1 aromatic carbocycles. The second kappa shape index (κ2) is 12.6. The number of hydrogen-bond donors (Lipinski definition) is 0. The van der Waals surface area contributed by atoms with E-state index < -0.39 is 0 Å². The summed E-state index contributed by atoms with van der Waals surface area (Å²) in [6.45, 7) is 4.89. The molecule has 1 rings (SSSR count). The molecule has 0 N–H and O–H groups in total. The third kappa shape index (κ3) is 8.81. The lowest BCUT2D eigenvalue weighted by molar-refractivity contribution is 0.200. The first-order valence-corrected chi connectivity index (χ1v) is 7.19. The summed E-state index contributed by atoms with van der Waals surface area (Å²) in [6, 6.07) is 10.6. The average molecular weight is 240 g/mol. The smallest absolute Gasteiger partial charge is 0.0470 e. The molecule has 0 saturated carbocycles. The van der Waals surface area contributed by atoms with Gasteiger partial charge in [-0.15, -0.1) is 0 Å². The van der Waals surface area contributed by atoms with E-state index in [4.69, 9.17) is 4.74 Å². The molecule has 0 saturated heterocycles. The van der Waals surface area contributed by atoms with E-state index in [1.807, 2.05) is 25.6 Å². The van der Waals surface area contributed by atoms with E-state index in [-0.39, 0.29) is 0 Å². The first-order valence-electron chi connectivity index (χ1n) is 6.04. The first-order chi connectivity index (χ1) is 7.93. The molecule has 0 spiro atoms. The molecule has 0 bridgehead atoms. The average Bonchev–Trinajstić information content (AvgIpc) is 2.37. The Morgan fingerprint density at radius 2 is 1.75 bits per heavy atom. The summed E-state index contributed by atoms with van der Waals surface area (Å²) in [5.74, 6) is 2.43. The lowest BCUT2D eigenvalue weighted by Gasteiger charge is -2.01. The van der Waals surface area contributed by atoms with E-state index in [1.54, 1.807) is 7.11 Å². The standard InChI is InChI=1S/C12H18OS.C2H6/c1-13-9-5-10-14-11-8-12-6-3-2-4-7-12;1-2/h2-4,6-7H,5,8-11H2,1H3;1-2H3. The minimum absolute atomic E-state index is 0.887. The van der Waals surface area contributed by atoms with Crippen LogP contribution < -0.4 is 0 Å². The topological polar surface area (TPSA) is 9.23 Å². The van der Waals surface area contributed by atoms with Crippen LogP contribution in [-0.4, -0.2) is 25.2 Å². The van der Waals surface area contributed by atoms with Gasteiger partial charge in [0.1, 0.15) is 0 Å². The largest absolute Gasteiger partial charge is 0.385 e. The molecule has 2 heteroatoms. The Balaban J connectivity index is 0.00000106. The molecular formula is C14H24OS. The molecule has 0 aliphatic carbocycles. The zero-order valence-electron chi connectivity index (χ0n) is 10.7. The number of benzene rings is 1. The molecule has 1 aromatic rings. The number of rotatable bonds is 7. The van der Waals surface area contributed by atoms with Crippen molar-refractivity contribution < 1.29 is 4.74 Å². The van der Waals surface area contributed by atoms with Gasteiger partial charge in [0.05, 0.1) is 0 Å². The highest BCUT2D eigenvalue weighted by Crippen LogP contribution is 2.07. The third-order valence-corrected chi connectivity index (χ3v) is 3.09. The van der Waals surface area contributed by atoms with Crippen LogP contribution in [0.3, 0.4) is 0 Å². The van der Waals surface area contributed by atoms with Gasteiger partial charge >= 0.3 is 0 Å². The van der Waals surface area contributed by atoms with Gasteiger partial charge in [0, 0.05) is 13.7 Å². The third-order valence-electron chi connectivity index (χ3n) is 2.02. The van der Waals surface area contributed by atoms with Crippen molar-refractivity contribution in [2.24, 2.45) is 0 Å². The molecule has 0 fully saturated rings. The van der Waals surface area contributed by atoms with Gasteiger partial charge in [-0.3, -0.25) is 0 Å². The number of ether oxygens (including phenoxy) is 1. The van der Waals surface area contributed by atoms with Gasteiger partial charge in [-0.2, -0.15) is 11.8 Å². The summed E-state index contributed by atoms with van der Waals surface area (Å²) in [5, 5.41) is 0. The van der Waals surface area contributed by atoms with Crippen LogP contribution in [0.1, 0.15) is 25.8 Å². The Morgan fingerprint density at radius 3 is 2.38 bits per heavy atom. The molecule has 0 amide bonds. The second-order valence-electron chi connectivity index (χ2n) is 3.19. The van der Waals surface area contributed by atoms with E-state index in [0.29, 0.717) is 0 Å². The summed E-state index contributed by atoms with van der Waals surface area (Å²) in [7, 11) is 1.76. The maximum Gasteiger partial charge on any atom is 0.0470 e. The highest BCUT2D eigenvalue weighted by atomic mass is 32.2. The van der Waals surface area contributed by atoms with E-state index in [9.17, 15) is 0 Å². The Morgan fingerprint density at radius 1 is 1.06 bits per heavy atom. The van der Waals surface area contributed by atoms with Gasteiger partial charge in [-0.25, -0.2) is 0 Å². The van der Waals surface area contributed by atoms with Crippen LogP contribution in [-0.2, 0) is 11.2 Å². The van der Waals surface area contributed by atoms with Crippen molar-refractivity contribution >= 4 is 11.8 Å². The van der Waals surface area contributed by atoms with E-state index >= 15 is 0 Å². The molecule has 0 atom stereocenters. The normalized spacial score (nSPS) is 9.44. The van der Waals surface area contributed by atoms with Crippen LogP contribution in [0, 0.1) is 0 Å². The fourth-order valence-corrected chi connectivity index (χ4v) is 2.15. The van der Waals surface area contributed by atoms with Crippen molar-refractivity contribution in [2.45, 2.75) is 26.7 Å². The van der Waals surface area contributed by atoms with Crippen LogP contribution in [0.25, 0.3) is 0 Å². The molecule has 0 radical (unpaired) electrons. The monoisotopic (exact) mass is 240 g/mol. The lowest BCUT2D eigenvalue weighted by atomic mass is 10.2. The minimum atomic E-state index is 0.887. The van der Waals surface area contributed by atoms with Crippen molar-refractivity contribution in [1.82, 2.24) is 0 Å². The highest BCUT2D eigenvalue weighted by molar-refractivity contribution is 7.99. The molecule has 0 aliphatic rings. The van der Waals surface area contributed by atoms with Crippen molar-refractivity contribution in [3.63, 3.8) is 0 Å². The summed E-state index contributed by atoms with van der Waals surface area (Å²) in [5.41, 5.74) is 1.44. The maximum absolute atomic E-state index is 4.99. The molecule has 16 heavy (non-hydrogen) atoms. The summed E-state index contributed by atoms with van der Waals surface area (Å²) in [6.07, 6.45) is 2.34. The Bertz CT molecular complexity index is 223. The first kappa shape index (κ1) is 15.5. The fraction of sp³-hybridized carbons (Fsp3) is 0.571. The zero-order valence-corrected chi connectivity index (χ0v) is 11.6. The van der Waals surface area contributed by atoms with E-state index in [0.717, 1.165) is 13.0 Å². The SMILES string of the molecule is CC.COCCCSCCc1ccccc1. The molecule has 0 aromatic heterocycles. The predicted molar refractivity (Wildman–Crippen MR) is 75.3 cm³/mol. The Labute approximate surface area is 105 Å². The molecule has 92 valence electrons. The lowest BCUT2D eigenvalue weighted by Crippen LogP contribution is -1.93. The van der Waals surface area contributed by atoms with Crippen LogP contribution in [0.2, 0.25) is 0 Å². The number of methoxy groups -OCH3 is 1. The Kier molecular flexibility index (Phi) is 12.2. The van der Waals surface area contributed by atoms with Gasteiger partial charge in [-0.1, -0.05) is 44.2 Å². The summed E-state index contributed by atoms with van der Waals surface area (Å²) in [4.78, 5) is 0. The quantitative estimate of drug-likeness (QED) is 0.666. The van der Waals surface area contributed by atoms with Gasteiger partial charge in [0.25, 0.3) is 0 Å². The number of aryl methyl sites for hydroxylation is 1. The van der Waals surface area contributed by atoms with Crippen molar-refractivity contribution in [1.29, 1.82) is 0 Å². The second-order valence-corrected chi connectivity index (χ2v) is 4.42. The Hall–Kier alpha value is -0.470. The van der Waals surface area contributed by atoms with Crippen LogP contribution in [0.15, 0.2) is 30.3 Å². The minimum Gasteiger partial charge on any atom is -0.385 e. The van der Waals surface area contributed by atoms with Crippen LogP contribution in [0.4, 0.5) is 0 Å². The zero-order chi connectivity index (χ0) is 12.1. The number of thioether (sulfide) groups is 1. The molecular weight excluding hydrogens is 216 g/mol. The summed E-state index contributed by atoms with van der Waals surface area (Å²) >= 11 is 2.01. The van der Waals surface area contributed by atoms with E-state index in [1.165, 1.54) is 23.5 Å². The molecule has 1 nitrogen and oxygen atoms in total. The summed E-state index contributed by atoms with van der Waals surface area (Å²) < 4.78 is 4.99. The predicted octanol–water partition coefficient (Wildman–Crippen LogP) is 4.03. The van der Waals surface area contributed by atoms with Gasteiger partial charge in [0.2, 0.25) is 0 Å². The van der Waals surface area contributed by atoms with Crippen molar-refractivity contribution in [3.05, 3.63) is 35.9 Å². The fourth-order valence-electron chi connectivity index (χ4n) is 1.24.